The summed E-state index contributed by atoms with van der Waals surface area (Å²) in [5.74, 6) is 0. The fraction of sp³-hybridized carbons (Fsp3) is 0.786. The molecular weight excluding hydrogens is 258 g/mol. The van der Waals surface area contributed by atoms with Crippen LogP contribution in [-0.4, -0.2) is 49.3 Å². The number of aromatic nitrogens is 1. The summed E-state index contributed by atoms with van der Waals surface area (Å²) in [4.78, 5) is 7.13. The molecule has 1 saturated heterocycles. The van der Waals surface area contributed by atoms with Gasteiger partial charge in [0.05, 0.1) is 23.9 Å². The predicted octanol–water partition coefficient (Wildman–Crippen LogP) is 1.86. The molecule has 0 radical (unpaired) electrons. The molecule has 1 aromatic heterocycles. The Morgan fingerprint density at radius 1 is 1.37 bits per heavy atom. The molecule has 0 atom stereocenters. The highest BCUT2D eigenvalue weighted by Gasteiger charge is 2.17. The molecular formula is C14H25N3OS. The first-order valence-electron chi connectivity index (χ1n) is 7.01. The smallest absolute Gasteiger partial charge is 0.0982 e. The van der Waals surface area contributed by atoms with Crippen molar-refractivity contribution in [3.63, 3.8) is 0 Å². The lowest BCUT2D eigenvalue weighted by Gasteiger charge is -2.26. The Hall–Kier alpha value is -0.490. The van der Waals surface area contributed by atoms with E-state index in [-0.39, 0.29) is 5.41 Å². The number of hydrogen-bond acceptors (Lipinski definition) is 5. The first-order valence-corrected chi connectivity index (χ1v) is 7.89. The first-order chi connectivity index (χ1) is 9.05. The number of nitrogens with zero attached hydrogens (tertiary/aromatic N) is 2. The van der Waals surface area contributed by atoms with Gasteiger partial charge >= 0.3 is 0 Å². The van der Waals surface area contributed by atoms with Crippen molar-refractivity contribution in [1.82, 2.24) is 15.2 Å². The van der Waals surface area contributed by atoms with Crippen molar-refractivity contribution in [2.45, 2.75) is 32.7 Å². The number of morpholine rings is 1. The van der Waals surface area contributed by atoms with E-state index in [4.69, 9.17) is 4.74 Å². The molecule has 108 valence electrons. The molecule has 1 aliphatic rings. The van der Waals surface area contributed by atoms with Crippen LogP contribution in [0.25, 0.3) is 0 Å². The zero-order valence-corrected chi connectivity index (χ0v) is 13.1. The molecule has 0 unspecified atom stereocenters. The van der Waals surface area contributed by atoms with E-state index in [1.165, 1.54) is 5.01 Å². The van der Waals surface area contributed by atoms with Crippen LogP contribution in [0, 0.1) is 0 Å². The molecule has 1 aromatic rings. The van der Waals surface area contributed by atoms with Crippen LogP contribution < -0.4 is 5.32 Å². The molecule has 0 aromatic carbocycles. The lowest BCUT2D eigenvalue weighted by molar-refractivity contribution is 0.0384. The van der Waals surface area contributed by atoms with E-state index in [1.807, 2.05) is 0 Å². The first kappa shape index (κ1) is 14.9. The van der Waals surface area contributed by atoms with Crippen LogP contribution in [0.15, 0.2) is 5.38 Å². The van der Waals surface area contributed by atoms with Gasteiger partial charge in [0.25, 0.3) is 0 Å². The van der Waals surface area contributed by atoms with Crippen molar-refractivity contribution in [1.29, 1.82) is 0 Å². The summed E-state index contributed by atoms with van der Waals surface area (Å²) in [5.41, 5.74) is 1.33. The molecule has 4 nitrogen and oxygen atoms in total. The number of nitrogens with one attached hydrogen (secondary N) is 1. The number of rotatable bonds is 5. The van der Waals surface area contributed by atoms with Crippen LogP contribution in [0.2, 0.25) is 0 Å². The standard InChI is InChI=1S/C14H25N3OS/c1-14(2,3)13-16-12(11-19-13)10-15-4-5-17-6-8-18-9-7-17/h11,15H,4-10H2,1-3H3. The zero-order valence-electron chi connectivity index (χ0n) is 12.2. The highest BCUT2D eigenvalue weighted by molar-refractivity contribution is 7.09. The highest BCUT2D eigenvalue weighted by Crippen LogP contribution is 2.25. The Kier molecular flexibility index (Phi) is 5.33. The van der Waals surface area contributed by atoms with Gasteiger partial charge in [0.15, 0.2) is 0 Å². The van der Waals surface area contributed by atoms with Gasteiger partial charge in [-0.1, -0.05) is 20.8 Å². The van der Waals surface area contributed by atoms with Crippen LogP contribution in [0.1, 0.15) is 31.5 Å². The van der Waals surface area contributed by atoms with Crippen LogP contribution in [0.5, 0.6) is 0 Å². The average molecular weight is 283 g/mol. The van der Waals surface area contributed by atoms with Gasteiger partial charge in [-0.15, -0.1) is 11.3 Å². The van der Waals surface area contributed by atoms with E-state index < -0.39 is 0 Å². The van der Waals surface area contributed by atoms with Crippen LogP contribution in [-0.2, 0) is 16.7 Å². The largest absolute Gasteiger partial charge is 0.379 e. The summed E-state index contributed by atoms with van der Waals surface area (Å²) in [6.07, 6.45) is 0. The summed E-state index contributed by atoms with van der Waals surface area (Å²) in [6.45, 7) is 13.5. The molecule has 19 heavy (non-hydrogen) atoms. The van der Waals surface area contributed by atoms with Crippen LogP contribution in [0.3, 0.4) is 0 Å². The van der Waals surface area contributed by atoms with Gasteiger partial charge in [0.1, 0.15) is 0 Å². The van der Waals surface area contributed by atoms with Gasteiger partial charge in [-0.05, 0) is 0 Å². The number of hydrogen-bond donors (Lipinski definition) is 1. The topological polar surface area (TPSA) is 37.4 Å². The Morgan fingerprint density at radius 3 is 2.74 bits per heavy atom. The van der Waals surface area contributed by atoms with Crippen molar-refractivity contribution < 1.29 is 4.74 Å². The minimum atomic E-state index is 0.163. The molecule has 1 aliphatic heterocycles. The van der Waals surface area contributed by atoms with Gasteiger partial charge in [-0.25, -0.2) is 4.98 Å². The van der Waals surface area contributed by atoms with E-state index in [0.717, 1.165) is 51.6 Å². The molecule has 0 amide bonds. The lowest BCUT2D eigenvalue weighted by Crippen LogP contribution is -2.40. The second-order valence-electron chi connectivity index (χ2n) is 6.02. The summed E-state index contributed by atoms with van der Waals surface area (Å²) in [7, 11) is 0. The third kappa shape index (κ3) is 4.84. The molecule has 0 bridgehead atoms. The molecule has 0 spiro atoms. The molecule has 0 aliphatic carbocycles. The van der Waals surface area contributed by atoms with Gasteiger partial charge in [-0.3, -0.25) is 4.90 Å². The number of ether oxygens (including phenoxy) is 1. The third-order valence-electron chi connectivity index (χ3n) is 3.21. The van der Waals surface area contributed by atoms with Crippen LogP contribution >= 0.6 is 11.3 Å². The van der Waals surface area contributed by atoms with Crippen molar-refractivity contribution in [3.05, 3.63) is 16.1 Å². The molecule has 0 saturated carbocycles. The Balaban J connectivity index is 1.66. The maximum absolute atomic E-state index is 5.34. The second kappa shape index (κ2) is 6.79. The molecule has 2 heterocycles. The van der Waals surface area contributed by atoms with Crippen LogP contribution in [0.4, 0.5) is 0 Å². The van der Waals surface area contributed by atoms with Crippen molar-refractivity contribution in [2.75, 3.05) is 39.4 Å². The van der Waals surface area contributed by atoms with Gasteiger partial charge in [0.2, 0.25) is 0 Å². The van der Waals surface area contributed by atoms with Crippen molar-refractivity contribution in [3.8, 4) is 0 Å². The maximum Gasteiger partial charge on any atom is 0.0982 e. The molecule has 1 N–H and O–H groups in total. The van der Waals surface area contributed by atoms with Gasteiger partial charge in [-0.2, -0.15) is 0 Å². The summed E-state index contributed by atoms with van der Waals surface area (Å²) in [5, 5.41) is 6.86. The normalized spacial score (nSPS) is 17.8. The van der Waals surface area contributed by atoms with Gasteiger partial charge in [0, 0.05) is 43.5 Å². The Morgan fingerprint density at radius 2 is 2.11 bits per heavy atom. The zero-order chi connectivity index (χ0) is 13.7. The minimum Gasteiger partial charge on any atom is -0.379 e. The fourth-order valence-electron chi connectivity index (χ4n) is 2.01. The minimum absolute atomic E-state index is 0.163. The quantitative estimate of drug-likeness (QED) is 0.837. The summed E-state index contributed by atoms with van der Waals surface area (Å²) in [6, 6.07) is 0. The van der Waals surface area contributed by atoms with Gasteiger partial charge < -0.3 is 10.1 Å². The van der Waals surface area contributed by atoms with E-state index in [2.05, 4.69) is 41.4 Å². The Bertz CT molecular complexity index is 380. The average Bonchev–Trinajstić information content (AvgIpc) is 2.85. The van der Waals surface area contributed by atoms with E-state index in [9.17, 15) is 0 Å². The summed E-state index contributed by atoms with van der Waals surface area (Å²) >= 11 is 1.76. The SMILES string of the molecule is CC(C)(C)c1nc(CNCCN2CCOCC2)cs1. The summed E-state index contributed by atoms with van der Waals surface area (Å²) < 4.78 is 5.34. The van der Waals surface area contributed by atoms with Crippen molar-refractivity contribution in [2.24, 2.45) is 0 Å². The van der Waals surface area contributed by atoms with E-state index in [0.29, 0.717) is 0 Å². The van der Waals surface area contributed by atoms with E-state index in [1.54, 1.807) is 11.3 Å². The fourth-order valence-corrected chi connectivity index (χ4v) is 2.92. The predicted molar refractivity (Wildman–Crippen MR) is 79.8 cm³/mol. The lowest BCUT2D eigenvalue weighted by atomic mass is 9.98. The molecule has 2 rings (SSSR count). The second-order valence-corrected chi connectivity index (χ2v) is 6.88. The maximum atomic E-state index is 5.34. The molecule has 1 fully saturated rings. The third-order valence-corrected chi connectivity index (χ3v) is 4.52. The highest BCUT2D eigenvalue weighted by atomic mass is 32.1. The Labute approximate surface area is 120 Å². The van der Waals surface area contributed by atoms with E-state index >= 15 is 0 Å². The number of thiazole rings is 1. The molecule has 5 heteroatoms. The van der Waals surface area contributed by atoms with Crippen molar-refractivity contribution >= 4 is 11.3 Å². The monoisotopic (exact) mass is 283 g/mol.